The lowest BCUT2D eigenvalue weighted by molar-refractivity contribution is -0.120. The number of hydrogen-bond donors (Lipinski definition) is 3. The van der Waals surface area contributed by atoms with Crippen LogP contribution in [0.1, 0.15) is 11.3 Å². The molecule has 0 aliphatic carbocycles. The molecule has 3 aromatic rings. The average molecular weight is 302 g/mol. The van der Waals surface area contributed by atoms with E-state index in [0.717, 1.165) is 34.1 Å². The molecular weight excluding hydrogens is 290 g/mol. The van der Waals surface area contributed by atoms with Crippen molar-refractivity contribution in [3.63, 3.8) is 0 Å². The van der Waals surface area contributed by atoms with Gasteiger partial charge in [-0.15, -0.1) is 0 Å². The number of nitrogens with zero attached hydrogens (tertiary/aromatic N) is 2. The van der Waals surface area contributed by atoms with Crippen molar-refractivity contribution < 1.29 is 4.79 Å². The zero-order chi connectivity index (χ0) is 14.4. The van der Waals surface area contributed by atoms with Crippen LogP contribution in [0, 0.1) is 0 Å². The molecule has 106 valence electrons. The second-order valence-electron chi connectivity index (χ2n) is 5.07. The van der Waals surface area contributed by atoms with Gasteiger partial charge in [-0.05, 0) is 17.7 Å². The Kier molecular flexibility index (Phi) is 2.71. The molecule has 3 heterocycles. The van der Waals surface area contributed by atoms with Gasteiger partial charge in [-0.3, -0.25) is 9.89 Å². The molecule has 0 saturated heterocycles. The van der Waals surface area contributed by atoms with Gasteiger partial charge in [0, 0.05) is 40.1 Å². The van der Waals surface area contributed by atoms with Gasteiger partial charge < -0.3 is 10.3 Å². The molecule has 1 aliphatic rings. The van der Waals surface area contributed by atoms with E-state index in [9.17, 15) is 4.79 Å². The molecular formula is C14H12ClN5O. The summed E-state index contributed by atoms with van der Waals surface area (Å²) in [4.78, 5) is 19.5. The molecule has 0 spiro atoms. The zero-order valence-electron chi connectivity index (χ0n) is 11.0. The van der Waals surface area contributed by atoms with Crippen molar-refractivity contribution in [3.05, 3.63) is 34.7 Å². The number of nitrogens with one attached hydrogen (secondary N) is 3. The minimum atomic E-state index is 0.0353. The fourth-order valence-corrected chi connectivity index (χ4v) is 3.12. The number of aromatic amines is 2. The third-order valence-electron chi connectivity index (χ3n) is 3.76. The topological polar surface area (TPSA) is 86.5 Å². The summed E-state index contributed by atoms with van der Waals surface area (Å²) in [6.07, 6.45) is 2.60. The molecule has 6 nitrogen and oxygen atoms in total. The molecule has 4 rings (SSSR count). The number of carbonyl (C=O) groups is 1. The summed E-state index contributed by atoms with van der Waals surface area (Å²) >= 11 is 6.20. The number of rotatable bonds is 1. The maximum Gasteiger partial charge on any atom is 0.224 e. The van der Waals surface area contributed by atoms with E-state index in [-0.39, 0.29) is 5.91 Å². The minimum absolute atomic E-state index is 0.0353. The van der Waals surface area contributed by atoms with Gasteiger partial charge in [0.15, 0.2) is 5.82 Å². The third-order valence-corrected chi connectivity index (χ3v) is 3.98. The largest absolute Gasteiger partial charge is 0.358 e. The van der Waals surface area contributed by atoms with Crippen molar-refractivity contribution in [1.29, 1.82) is 0 Å². The number of halogens is 1. The lowest BCUT2D eigenvalue weighted by Gasteiger charge is -2.04. The molecule has 2 aromatic heterocycles. The predicted octanol–water partition coefficient (Wildman–Crippen LogP) is 1.82. The van der Waals surface area contributed by atoms with Crippen molar-refractivity contribution >= 4 is 28.4 Å². The van der Waals surface area contributed by atoms with E-state index in [1.807, 2.05) is 12.1 Å². The molecule has 0 unspecified atom stereocenters. The number of aromatic nitrogens is 4. The van der Waals surface area contributed by atoms with E-state index < -0.39 is 0 Å². The van der Waals surface area contributed by atoms with Crippen LogP contribution >= 0.6 is 11.6 Å². The summed E-state index contributed by atoms with van der Waals surface area (Å²) in [5, 5.41) is 11.3. The minimum Gasteiger partial charge on any atom is -0.358 e. The monoisotopic (exact) mass is 301 g/mol. The van der Waals surface area contributed by atoms with Crippen LogP contribution in [-0.2, 0) is 17.6 Å². The highest BCUT2D eigenvalue weighted by atomic mass is 35.5. The van der Waals surface area contributed by atoms with Crippen LogP contribution in [-0.4, -0.2) is 32.6 Å². The Morgan fingerprint density at radius 3 is 3.00 bits per heavy atom. The summed E-state index contributed by atoms with van der Waals surface area (Å²) in [5.74, 6) is 0.682. The van der Waals surface area contributed by atoms with Crippen LogP contribution in [0.3, 0.4) is 0 Å². The predicted molar refractivity (Wildman–Crippen MR) is 79.1 cm³/mol. The van der Waals surface area contributed by atoms with Crippen molar-refractivity contribution in [2.75, 3.05) is 6.54 Å². The Balaban J connectivity index is 2.05. The van der Waals surface area contributed by atoms with Gasteiger partial charge in [0.2, 0.25) is 5.91 Å². The van der Waals surface area contributed by atoms with Gasteiger partial charge in [0.1, 0.15) is 6.33 Å². The smallest absolute Gasteiger partial charge is 0.224 e. The first-order valence-electron chi connectivity index (χ1n) is 6.68. The number of benzene rings is 1. The maximum atomic E-state index is 11.9. The SMILES string of the molecule is O=C1Cc2c([nH]c3cc(Cl)cc(-c4ncn[nH]4)c23)CCN1. The highest BCUT2D eigenvalue weighted by Crippen LogP contribution is 2.35. The summed E-state index contributed by atoms with van der Waals surface area (Å²) in [5.41, 5.74) is 3.88. The van der Waals surface area contributed by atoms with E-state index in [4.69, 9.17) is 11.6 Å². The lowest BCUT2D eigenvalue weighted by Crippen LogP contribution is -2.24. The van der Waals surface area contributed by atoms with Crippen LogP contribution in [0.4, 0.5) is 0 Å². The normalized spacial score (nSPS) is 14.8. The molecule has 0 fully saturated rings. The van der Waals surface area contributed by atoms with Gasteiger partial charge in [-0.25, -0.2) is 4.98 Å². The second kappa shape index (κ2) is 4.60. The zero-order valence-corrected chi connectivity index (χ0v) is 11.8. The van der Waals surface area contributed by atoms with Crippen LogP contribution in [0.2, 0.25) is 5.02 Å². The molecule has 3 N–H and O–H groups in total. The molecule has 21 heavy (non-hydrogen) atoms. The summed E-state index contributed by atoms with van der Waals surface area (Å²) in [6, 6.07) is 3.73. The van der Waals surface area contributed by atoms with Crippen LogP contribution in [0.5, 0.6) is 0 Å². The van der Waals surface area contributed by atoms with E-state index in [1.165, 1.54) is 6.33 Å². The standard InChI is InChI=1S/C14H12ClN5O/c15-7-3-9(14-17-6-18-20-14)13-8-5-12(21)16-2-1-10(8)19-11(13)4-7/h3-4,6,19H,1-2,5H2,(H,16,21)(H,17,18,20). The molecule has 0 radical (unpaired) electrons. The quantitative estimate of drug-likeness (QED) is 0.641. The molecule has 0 bridgehead atoms. The van der Waals surface area contributed by atoms with E-state index in [1.54, 1.807) is 0 Å². The van der Waals surface area contributed by atoms with Crippen molar-refractivity contribution in [1.82, 2.24) is 25.5 Å². The highest BCUT2D eigenvalue weighted by molar-refractivity contribution is 6.32. The summed E-state index contributed by atoms with van der Waals surface area (Å²) in [6.45, 7) is 0.643. The molecule has 1 amide bonds. The number of hydrogen-bond acceptors (Lipinski definition) is 3. The van der Waals surface area contributed by atoms with E-state index in [0.29, 0.717) is 23.8 Å². The molecule has 1 aliphatic heterocycles. The van der Waals surface area contributed by atoms with Crippen LogP contribution in [0.15, 0.2) is 18.5 Å². The Morgan fingerprint density at radius 1 is 1.29 bits per heavy atom. The summed E-state index contributed by atoms with van der Waals surface area (Å²) in [7, 11) is 0. The second-order valence-corrected chi connectivity index (χ2v) is 5.51. The first kappa shape index (κ1) is 12.4. The molecule has 7 heteroatoms. The Bertz CT molecular complexity index is 837. The molecule has 0 atom stereocenters. The van der Waals surface area contributed by atoms with Gasteiger partial charge in [-0.2, -0.15) is 5.10 Å². The first-order valence-corrected chi connectivity index (χ1v) is 7.05. The van der Waals surface area contributed by atoms with E-state index in [2.05, 4.69) is 25.5 Å². The Morgan fingerprint density at radius 2 is 2.19 bits per heavy atom. The maximum absolute atomic E-state index is 11.9. The van der Waals surface area contributed by atoms with Crippen molar-refractivity contribution in [2.24, 2.45) is 0 Å². The number of H-pyrrole nitrogens is 2. The fraction of sp³-hybridized carbons (Fsp3) is 0.214. The highest BCUT2D eigenvalue weighted by Gasteiger charge is 2.21. The van der Waals surface area contributed by atoms with Gasteiger partial charge in [-0.1, -0.05) is 11.6 Å². The van der Waals surface area contributed by atoms with Crippen LogP contribution < -0.4 is 5.32 Å². The Labute approximate surface area is 124 Å². The fourth-order valence-electron chi connectivity index (χ4n) is 2.90. The number of amides is 1. The van der Waals surface area contributed by atoms with Gasteiger partial charge in [0.05, 0.1) is 6.42 Å². The number of fused-ring (bicyclic) bond motifs is 3. The number of carbonyl (C=O) groups excluding carboxylic acids is 1. The molecule has 0 saturated carbocycles. The van der Waals surface area contributed by atoms with Crippen molar-refractivity contribution in [2.45, 2.75) is 12.8 Å². The third kappa shape index (κ3) is 1.99. The lowest BCUT2D eigenvalue weighted by atomic mass is 10.0. The average Bonchev–Trinajstić information content (AvgIpc) is 3.03. The van der Waals surface area contributed by atoms with Gasteiger partial charge in [0.25, 0.3) is 0 Å². The Hall–Kier alpha value is -2.34. The first-order chi connectivity index (χ1) is 10.2. The van der Waals surface area contributed by atoms with Crippen molar-refractivity contribution in [3.8, 4) is 11.4 Å². The van der Waals surface area contributed by atoms with Crippen LogP contribution in [0.25, 0.3) is 22.3 Å². The molecule has 1 aromatic carbocycles. The summed E-state index contributed by atoms with van der Waals surface area (Å²) < 4.78 is 0. The van der Waals surface area contributed by atoms with Gasteiger partial charge >= 0.3 is 0 Å². The van der Waals surface area contributed by atoms with E-state index >= 15 is 0 Å².